The number of likely N-dealkylation sites (tertiary alicyclic amines) is 1. The van der Waals surface area contributed by atoms with Crippen LogP contribution in [0.15, 0.2) is 77.4 Å². The quantitative estimate of drug-likeness (QED) is 0.393. The Labute approximate surface area is 192 Å². The maximum Gasteiger partial charge on any atom is 0.325 e. The van der Waals surface area contributed by atoms with Gasteiger partial charge in [-0.3, -0.25) is 14.5 Å². The normalized spacial score (nSPS) is 19.7. The van der Waals surface area contributed by atoms with Gasteiger partial charge in [0.05, 0.1) is 39.7 Å². The van der Waals surface area contributed by atoms with Crippen LogP contribution in [0.4, 0.5) is 0 Å². The van der Waals surface area contributed by atoms with E-state index in [-0.39, 0.29) is 12.5 Å². The number of rotatable bonds is 7. The number of methoxy groups -OCH3 is 3. The molecule has 4 rings (SSSR count). The second kappa shape index (κ2) is 9.50. The van der Waals surface area contributed by atoms with Crippen molar-refractivity contribution in [3.05, 3.63) is 89.9 Å². The van der Waals surface area contributed by atoms with Crippen molar-refractivity contribution < 1.29 is 28.2 Å². The number of benzene rings is 2. The summed E-state index contributed by atoms with van der Waals surface area (Å²) in [6, 6.07) is 19.9. The lowest BCUT2D eigenvalue weighted by Crippen LogP contribution is -2.45. The molecule has 0 N–H and O–H groups in total. The van der Waals surface area contributed by atoms with Crippen molar-refractivity contribution in [3.8, 4) is 5.75 Å². The average molecular weight is 450 g/mol. The number of furan rings is 1. The summed E-state index contributed by atoms with van der Waals surface area (Å²) in [5.74, 6) is 0.0689. The summed E-state index contributed by atoms with van der Waals surface area (Å²) in [6.07, 6.45) is 1.75. The van der Waals surface area contributed by atoms with Crippen LogP contribution in [0.1, 0.15) is 35.4 Å². The second-order valence-corrected chi connectivity index (χ2v) is 8.02. The molecule has 0 unspecified atom stereocenters. The molecule has 1 fully saturated rings. The van der Waals surface area contributed by atoms with Crippen molar-refractivity contribution in [1.82, 2.24) is 4.90 Å². The third-order valence-electron chi connectivity index (χ3n) is 6.32. The van der Waals surface area contributed by atoms with Crippen molar-refractivity contribution in [1.29, 1.82) is 0 Å². The molecule has 1 aliphatic rings. The lowest BCUT2D eigenvalue weighted by molar-refractivity contribution is -0.171. The van der Waals surface area contributed by atoms with Gasteiger partial charge in [0.1, 0.15) is 11.5 Å². The highest BCUT2D eigenvalue weighted by Crippen LogP contribution is 2.57. The van der Waals surface area contributed by atoms with Gasteiger partial charge in [-0.25, -0.2) is 0 Å². The summed E-state index contributed by atoms with van der Waals surface area (Å²) in [5, 5.41) is 0. The van der Waals surface area contributed by atoms with Gasteiger partial charge in [-0.1, -0.05) is 42.5 Å². The van der Waals surface area contributed by atoms with Gasteiger partial charge >= 0.3 is 11.9 Å². The minimum Gasteiger partial charge on any atom is -0.497 e. The molecule has 33 heavy (non-hydrogen) atoms. The van der Waals surface area contributed by atoms with Crippen LogP contribution in [0.25, 0.3) is 0 Å². The lowest BCUT2D eigenvalue weighted by Gasteiger charge is -2.35. The first-order chi connectivity index (χ1) is 16.0. The van der Waals surface area contributed by atoms with Gasteiger partial charge in [-0.2, -0.15) is 0 Å². The van der Waals surface area contributed by atoms with E-state index in [1.807, 2.05) is 60.7 Å². The Bertz CT molecular complexity index is 1060. The molecule has 2 atom stereocenters. The van der Waals surface area contributed by atoms with Crippen molar-refractivity contribution in [2.75, 3.05) is 21.3 Å². The molecule has 1 aromatic heterocycles. The van der Waals surface area contributed by atoms with E-state index in [0.717, 1.165) is 11.1 Å². The monoisotopic (exact) mass is 449 g/mol. The Morgan fingerprint density at radius 2 is 1.61 bits per heavy atom. The van der Waals surface area contributed by atoms with Crippen molar-refractivity contribution >= 4 is 11.9 Å². The molecule has 7 heteroatoms. The van der Waals surface area contributed by atoms with E-state index < -0.39 is 23.4 Å². The zero-order chi connectivity index (χ0) is 23.4. The van der Waals surface area contributed by atoms with Gasteiger partial charge in [-0.15, -0.1) is 0 Å². The minimum atomic E-state index is -1.58. The molecule has 0 aliphatic carbocycles. The summed E-state index contributed by atoms with van der Waals surface area (Å²) < 4.78 is 21.5. The molecule has 7 nitrogen and oxygen atoms in total. The zero-order valence-corrected chi connectivity index (χ0v) is 18.9. The first kappa shape index (κ1) is 22.6. The summed E-state index contributed by atoms with van der Waals surface area (Å²) in [4.78, 5) is 28.8. The number of hydrogen-bond acceptors (Lipinski definition) is 7. The Hall–Kier alpha value is -3.58. The van der Waals surface area contributed by atoms with Crippen LogP contribution in [-0.4, -0.2) is 38.2 Å². The van der Waals surface area contributed by atoms with Gasteiger partial charge in [-0.05, 0) is 41.8 Å². The summed E-state index contributed by atoms with van der Waals surface area (Å²) in [6.45, 7) is 0.485. The van der Waals surface area contributed by atoms with Gasteiger partial charge in [0.15, 0.2) is 5.41 Å². The number of hydrogen-bond donors (Lipinski definition) is 0. The molecule has 1 saturated heterocycles. The Kier molecular flexibility index (Phi) is 6.51. The van der Waals surface area contributed by atoms with Crippen LogP contribution in [0.3, 0.4) is 0 Å². The number of carbonyl (C=O) groups excluding carboxylic acids is 2. The molecule has 3 aromatic rings. The smallest absolute Gasteiger partial charge is 0.325 e. The number of esters is 2. The standard InChI is InChI=1S/C26H27NO6/c1-30-20-13-11-19(12-14-20)23-26(24(28)31-2,25(29)32-3)16-21(22-10-7-15-33-22)27(23)17-18-8-5-4-6-9-18/h4-15,21,23H,16-17H2,1-3H3/t21-,23-/m1/s1. The maximum atomic E-state index is 13.4. The average Bonchev–Trinajstić information content (AvgIpc) is 3.51. The Balaban J connectivity index is 1.92. The fourth-order valence-corrected chi connectivity index (χ4v) is 4.84. The fourth-order valence-electron chi connectivity index (χ4n) is 4.84. The van der Waals surface area contributed by atoms with Crippen LogP contribution in [0.5, 0.6) is 5.75 Å². The number of carbonyl (C=O) groups is 2. The van der Waals surface area contributed by atoms with E-state index in [4.69, 9.17) is 18.6 Å². The highest BCUT2D eigenvalue weighted by molar-refractivity contribution is 6.01. The third-order valence-corrected chi connectivity index (χ3v) is 6.32. The predicted octanol–water partition coefficient (Wildman–Crippen LogP) is 4.31. The maximum absolute atomic E-state index is 13.4. The second-order valence-electron chi connectivity index (χ2n) is 8.02. The zero-order valence-electron chi connectivity index (χ0n) is 18.9. The molecule has 2 heterocycles. The largest absolute Gasteiger partial charge is 0.497 e. The van der Waals surface area contributed by atoms with Crippen molar-refractivity contribution in [3.63, 3.8) is 0 Å². The predicted molar refractivity (Wildman–Crippen MR) is 120 cm³/mol. The molecule has 0 amide bonds. The van der Waals surface area contributed by atoms with Crippen molar-refractivity contribution in [2.45, 2.75) is 25.0 Å². The van der Waals surface area contributed by atoms with E-state index in [0.29, 0.717) is 18.1 Å². The molecule has 0 radical (unpaired) electrons. The van der Waals surface area contributed by atoms with Gasteiger partial charge < -0.3 is 18.6 Å². The fraction of sp³-hybridized carbons (Fsp3) is 0.308. The SMILES string of the molecule is COC(=O)C1(C(=O)OC)C[C@H](c2ccco2)N(Cc2ccccc2)[C@@H]1c1ccc(OC)cc1. The summed E-state index contributed by atoms with van der Waals surface area (Å²) >= 11 is 0. The number of nitrogens with zero attached hydrogens (tertiary/aromatic N) is 1. The lowest BCUT2D eigenvalue weighted by atomic mass is 9.76. The molecule has 0 bridgehead atoms. The Morgan fingerprint density at radius 1 is 0.939 bits per heavy atom. The molecule has 1 aliphatic heterocycles. The molecular formula is C26H27NO6. The molecular weight excluding hydrogens is 422 g/mol. The third kappa shape index (κ3) is 4.00. The van der Waals surface area contributed by atoms with Crippen LogP contribution in [0.2, 0.25) is 0 Å². The van der Waals surface area contributed by atoms with E-state index in [1.54, 1.807) is 19.4 Å². The Morgan fingerprint density at radius 3 is 2.15 bits per heavy atom. The van der Waals surface area contributed by atoms with Gasteiger partial charge in [0, 0.05) is 6.54 Å². The molecule has 2 aromatic carbocycles. The van der Waals surface area contributed by atoms with Crippen LogP contribution >= 0.6 is 0 Å². The molecule has 0 saturated carbocycles. The summed E-state index contributed by atoms with van der Waals surface area (Å²) in [5.41, 5.74) is 0.235. The highest BCUT2D eigenvalue weighted by Gasteiger charge is 2.64. The van der Waals surface area contributed by atoms with Crippen molar-refractivity contribution in [2.24, 2.45) is 5.41 Å². The van der Waals surface area contributed by atoms with E-state index in [9.17, 15) is 9.59 Å². The minimum absolute atomic E-state index is 0.156. The van der Waals surface area contributed by atoms with E-state index in [2.05, 4.69) is 4.90 Å². The van der Waals surface area contributed by atoms with Gasteiger partial charge in [0.2, 0.25) is 0 Å². The highest BCUT2D eigenvalue weighted by atomic mass is 16.5. The molecule has 0 spiro atoms. The van der Waals surface area contributed by atoms with Gasteiger partial charge in [0.25, 0.3) is 0 Å². The van der Waals surface area contributed by atoms with Crippen LogP contribution < -0.4 is 4.74 Å². The van der Waals surface area contributed by atoms with E-state index in [1.165, 1.54) is 14.2 Å². The first-order valence-electron chi connectivity index (χ1n) is 10.7. The van der Waals surface area contributed by atoms with Crippen LogP contribution in [-0.2, 0) is 25.6 Å². The molecule has 172 valence electrons. The summed E-state index contributed by atoms with van der Waals surface area (Å²) in [7, 11) is 4.17. The van der Waals surface area contributed by atoms with E-state index >= 15 is 0 Å². The number of ether oxygens (including phenoxy) is 3. The topological polar surface area (TPSA) is 78.2 Å². The first-order valence-corrected chi connectivity index (χ1v) is 10.7. The van der Waals surface area contributed by atoms with Crippen LogP contribution in [0, 0.1) is 5.41 Å².